The largest absolute Gasteiger partial charge is 0.481 e. The molecule has 0 aromatic carbocycles. The highest BCUT2D eigenvalue weighted by atomic mass is 16.4. The number of hydrogen-bond donors (Lipinski definition) is 1. The highest BCUT2D eigenvalue weighted by Crippen LogP contribution is 2.30. The number of nitrogens with zero attached hydrogens (tertiary/aromatic N) is 1. The van der Waals surface area contributed by atoms with Gasteiger partial charge in [-0.1, -0.05) is 31.4 Å². The van der Waals surface area contributed by atoms with Gasteiger partial charge >= 0.3 is 5.97 Å². The van der Waals surface area contributed by atoms with Crippen molar-refractivity contribution in [2.75, 3.05) is 7.05 Å². The van der Waals surface area contributed by atoms with Crippen molar-refractivity contribution in [2.45, 2.75) is 51.0 Å². The summed E-state index contributed by atoms with van der Waals surface area (Å²) in [4.78, 5) is 25.6. The number of hydrogen-bond acceptors (Lipinski definition) is 2. The molecule has 1 amide bonds. The molecule has 1 saturated carbocycles. The van der Waals surface area contributed by atoms with E-state index in [0.29, 0.717) is 18.9 Å². The van der Waals surface area contributed by atoms with Crippen molar-refractivity contribution in [1.82, 2.24) is 4.90 Å². The third-order valence-corrected chi connectivity index (χ3v) is 4.54. The van der Waals surface area contributed by atoms with Crippen molar-refractivity contribution >= 4 is 11.9 Å². The minimum Gasteiger partial charge on any atom is -0.481 e. The molecule has 2 unspecified atom stereocenters. The molecule has 0 bridgehead atoms. The van der Waals surface area contributed by atoms with Gasteiger partial charge in [0, 0.05) is 13.1 Å². The number of allylic oxidation sites excluding steroid dienone is 2. The van der Waals surface area contributed by atoms with E-state index in [0.717, 1.165) is 12.8 Å². The molecule has 0 spiro atoms. The molecule has 2 rings (SSSR count). The van der Waals surface area contributed by atoms with E-state index in [2.05, 4.69) is 0 Å². The van der Waals surface area contributed by atoms with Gasteiger partial charge in [-0.2, -0.15) is 0 Å². The maximum atomic E-state index is 12.5. The molecule has 4 nitrogen and oxygen atoms in total. The van der Waals surface area contributed by atoms with Crippen LogP contribution in [-0.2, 0) is 9.59 Å². The van der Waals surface area contributed by atoms with E-state index < -0.39 is 11.9 Å². The Morgan fingerprint density at radius 1 is 1.05 bits per heavy atom. The van der Waals surface area contributed by atoms with Crippen LogP contribution in [0.15, 0.2) is 12.2 Å². The topological polar surface area (TPSA) is 57.6 Å². The second kappa shape index (κ2) is 6.22. The molecule has 0 saturated heterocycles. The van der Waals surface area contributed by atoms with Gasteiger partial charge in [0.1, 0.15) is 0 Å². The summed E-state index contributed by atoms with van der Waals surface area (Å²) in [6.45, 7) is 0. The van der Waals surface area contributed by atoms with Crippen molar-refractivity contribution in [3.63, 3.8) is 0 Å². The number of aliphatic carboxylic acids is 1. The van der Waals surface area contributed by atoms with E-state index >= 15 is 0 Å². The quantitative estimate of drug-likeness (QED) is 0.797. The van der Waals surface area contributed by atoms with E-state index in [-0.39, 0.29) is 11.8 Å². The predicted octanol–water partition coefficient (Wildman–Crippen LogP) is 2.44. The molecule has 0 aromatic rings. The van der Waals surface area contributed by atoms with Gasteiger partial charge in [0.25, 0.3) is 0 Å². The zero-order valence-electron chi connectivity index (χ0n) is 11.5. The lowest BCUT2D eigenvalue weighted by Crippen LogP contribution is -2.45. The molecule has 2 atom stereocenters. The molecule has 1 N–H and O–H groups in total. The van der Waals surface area contributed by atoms with Gasteiger partial charge in [0.15, 0.2) is 0 Å². The van der Waals surface area contributed by atoms with E-state index in [1.54, 1.807) is 0 Å². The van der Waals surface area contributed by atoms with Crippen LogP contribution in [0.2, 0.25) is 0 Å². The first-order chi connectivity index (χ1) is 9.11. The molecule has 0 radical (unpaired) electrons. The van der Waals surface area contributed by atoms with Crippen molar-refractivity contribution in [1.29, 1.82) is 0 Å². The lowest BCUT2D eigenvalue weighted by Gasteiger charge is -2.35. The summed E-state index contributed by atoms with van der Waals surface area (Å²) >= 11 is 0. The van der Waals surface area contributed by atoms with Crippen molar-refractivity contribution < 1.29 is 14.7 Å². The first-order valence-electron chi connectivity index (χ1n) is 7.25. The average Bonchev–Trinajstić information content (AvgIpc) is 2.46. The van der Waals surface area contributed by atoms with E-state index in [4.69, 9.17) is 0 Å². The van der Waals surface area contributed by atoms with E-state index in [1.165, 1.54) is 19.3 Å². The summed E-state index contributed by atoms with van der Waals surface area (Å²) in [5.74, 6) is -1.76. The molecule has 0 heterocycles. The Bertz CT molecular complexity index is 372. The van der Waals surface area contributed by atoms with Crippen LogP contribution in [0.1, 0.15) is 44.9 Å². The third kappa shape index (κ3) is 3.17. The molecule has 0 aromatic heterocycles. The average molecular weight is 265 g/mol. The van der Waals surface area contributed by atoms with Crippen molar-refractivity contribution in [2.24, 2.45) is 11.8 Å². The van der Waals surface area contributed by atoms with Crippen molar-refractivity contribution in [3.05, 3.63) is 12.2 Å². The number of carbonyl (C=O) groups excluding carboxylic acids is 1. The normalized spacial score (nSPS) is 28.1. The smallest absolute Gasteiger partial charge is 0.307 e. The summed E-state index contributed by atoms with van der Waals surface area (Å²) in [7, 11) is 1.84. The first-order valence-corrected chi connectivity index (χ1v) is 7.25. The van der Waals surface area contributed by atoms with Crippen LogP contribution >= 0.6 is 0 Å². The Kier molecular flexibility index (Phi) is 4.61. The van der Waals surface area contributed by atoms with Crippen LogP contribution in [0, 0.1) is 11.8 Å². The van der Waals surface area contributed by atoms with Crippen LogP contribution in [0.5, 0.6) is 0 Å². The number of amides is 1. The van der Waals surface area contributed by atoms with Crippen LogP contribution in [-0.4, -0.2) is 35.0 Å². The minimum absolute atomic E-state index is 0.0173. The SMILES string of the molecule is CN(C(=O)C1CC=CCC1C(=O)O)C1CCCCC1. The minimum atomic E-state index is -0.847. The molecule has 2 aliphatic carbocycles. The van der Waals surface area contributed by atoms with Gasteiger partial charge in [-0.15, -0.1) is 0 Å². The molecule has 1 fully saturated rings. The van der Waals surface area contributed by atoms with Crippen molar-refractivity contribution in [3.8, 4) is 0 Å². The van der Waals surface area contributed by atoms with Gasteiger partial charge in [-0.05, 0) is 25.7 Å². The molecule has 19 heavy (non-hydrogen) atoms. The zero-order valence-corrected chi connectivity index (χ0v) is 11.5. The van der Waals surface area contributed by atoms with Gasteiger partial charge in [0.05, 0.1) is 11.8 Å². The van der Waals surface area contributed by atoms with Gasteiger partial charge in [-0.3, -0.25) is 9.59 Å². The second-order valence-corrected chi connectivity index (χ2v) is 5.74. The highest BCUT2D eigenvalue weighted by Gasteiger charge is 2.37. The maximum absolute atomic E-state index is 12.5. The standard InChI is InChI=1S/C15H23NO3/c1-16(11-7-3-2-4-8-11)14(17)12-9-5-6-10-13(12)15(18)19/h5-6,11-13H,2-4,7-10H2,1H3,(H,18,19). The summed E-state index contributed by atoms with van der Waals surface area (Å²) in [6, 6.07) is 0.307. The molecular weight excluding hydrogens is 242 g/mol. The Labute approximate surface area is 114 Å². The molecule has 4 heteroatoms. The highest BCUT2D eigenvalue weighted by molar-refractivity contribution is 5.85. The summed E-state index contributed by atoms with van der Waals surface area (Å²) in [6.07, 6.45) is 10.6. The van der Waals surface area contributed by atoms with Gasteiger partial charge < -0.3 is 10.0 Å². The van der Waals surface area contributed by atoms with Crippen LogP contribution in [0.3, 0.4) is 0 Å². The zero-order chi connectivity index (χ0) is 13.8. The fourth-order valence-corrected chi connectivity index (χ4v) is 3.27. The predicted molar refractivity (Wildman–Crippen MR) is 72.6 cm³/mol. The second-order valence-electron chi connectivity index (χ2n) is 5.74. The summed E-state index contributed by atoms with van der Waals surface area (Å²) in [5, 5.41) is 9.25. The third-order valence-electron chi connectivity index (χ3n) is 4.54. The fourth-order valence-electron chi connectivity index (χ4n) is 3.27. The molecular formula is C15H23NO3. The number of carbonyl (C=O) groups is 2. The van der Waals surface area contributed by atoms with Crippen LogP contribution in [0.25, 0.3) is 0 Å². The Balaban J connectivity index is 2.04. The van der Waals surface area contributed by atoms with E-state index in [1.807, 2.05) is 24.1 Å². The number of carboxylic acid groups (broad SMARTS) is 1. The van der Waals surface area contributed by atoms with E-state index in [9.17, 15) is 14.7 Å². The molecule has 2 aliphatic rings. The maximum Gasteiger partial charge on any atom is 0.307 e. The van der Waals surface area contributed by atoms with Crippen LogP contribution < -0.4 is 0 Å². The van der Waals surface area contributed by atoms with Gasteiger partial charge in [-0.25, -0.2) is 0 Å². The summed E-state index contributed by atoms with van der Waals surface area (Å²) in [5.41, 5.74) is 0. The van der Waals surface area contributed by atoms with Crippen LogP contribution in [0.4, 0.5) is 0 Å². The Morgan fingerprint density at radius 2 is 1.63 bits per heavy atom. The number of rotatable bonds is 3. The molecule has 106 valence electrons. The lowest BCUT2D eigenvalue weighted by molar-refractivity contribution is -0.151. The van der Waals surface area contributed by atoms with Gasteiger partial charge in [0.2, 0.25) is 5.91 Å². The first kappa shape index (κ1) is 14.1. The lowest BCUT2D eigenvalue weighted by atomic mass is 9.81. The number of carboxylic acids is 1. The Hall–Kier alpha value is -1.32. The monoisotopic (exact) mass is 265 g/mol. The Morgan fingerprint density at radius 3 is 2.21 bits per heavy atom. The summed E-state index contributed by atoms with van der Waals surface area (Å²) < 4.78 is 0. The fraction of sp³-hybridized carbons (Fsp3) is 0.733. The molecule has 0 aliphatic heterocycles.